The minimum atomic E-state index is -0.354. The molecule has 1 heterocycles. The maximum Gasteiger partial charge on any atom is 0.137 e. The molecule has 1 N–H and O–H groups in total. The summed E-state index contributed by atoms with van der Waals surface area (Å²) < 4.78 is 20.9. The number of benzene rings is 1. The number of aliphatic hydroxyl groups excluding tert-OH is 1. The number of halogens is 1. The Labute approximate surface area is 123 Å². The van der Waals surface area contributed by atoms with E-state index in [1.54, 1.807) is 18.6 Å². The van der Waals surface area contributed by atoms with Crippen molar-refractivity contribution in [3.63, 3.8) is 0 Å². The summed E-state index contributed by atoms with van der Waals surface area (Å²) in [6.07, 6.45) is 6.53. The third-order valence-electron chi connectivity index (χ3n) is 2.78. The predicted molar refractivity (Wildman–Crippen MR) is 77.3 cm³/mol. The Morgan fingerprint density at radius 2 is 2.29 bits per heavy atom. The summed E-state index contributed by atoms with van der Waals surface area (Å²) in [6, 6.07) is 4.27. The summed E-state index contributed by atoms with van der Waals surface area (Å²) in [4.78, 5) is 3.96. The van der Waals surface area contributed by atoms with Gasteiger partial charge in [0.15, 0.2) is 0 Å². The smallest absolute Gasteiger partial charge is 0.137 e. The Morgan fingerprint density at radius 1 is 1.38 bits per heavy atom. The molecule has 0 radical (unpaired) electrons. The van der Waals surface area contributed by atoms with Gasteiger partial charge in [-0.1, -0.05) is 11.8 Å². The Bertz CT molecular complexity index is 615. The van der Waals surface area contributed by atoms with Crippen LogP contribution >= 0.6 is 0 Å². The van der Waals surface area contributed by atoms with Gasteiger partial charge in [-0.3, -0.25) is 0 Å². The van der Waals surface area contributed by atoms with Crippen molar-refractivity contribution in [1.29, 1.82) is 0 Å². The average molecular weight is 288 g/mol. The molecule has 1 aromatic heterocycles. The zero-order valence-corrected chi connectivity index (χ0v) is 11.6. The number of ether oxygens (including phenoxy) is 1. The minimum absolute atomic E-state index is 0.00922. The standard InChI is InChI=1S/C16H17FN2O2/c17-15-6-5-14(4-1-2-10-20)16(12-15)21-11-3-8-19-9-7-18-13-19/h5-7,9,12-13,20H,2-3,8,10-11H2. The van der Waals surface area contributed by atoms with Crippen molar-refractivity contribution in [2.45, 2.75) is 19.4 Å². The van der Waals surface area contributed by atoms with Gasteiger partial charge in [0, 0.05) is 31.4 Å². The molecule has 0 unspecified atom stereocenters. The van der Waals surface area contributed by atoms with Crippen molar-refractivity contribution < 1.29 is 14.2 Å². The third-order valence-corrected chi connectivity index (χ3v) is 2.78. The molecule has 21 heavy (non-hydrogen) atoms. The van der Waals surface area contributed by atoms with Gasteiger partial charge in [0.2, 0.25) is 0 Å². The summed E-state index contributed by atoms with van der Waals surface area (Å²) in [5.74, 6) is 5.77. The van der Waals surface area contributed by atoms with E-state index in [0.717, 1.165) is 13.0 Å². The molecular formula is C16H17FN2O2. The van der Waals surface area contributed by atoms with Crippen LogP contribution in [0.25, 0.3) is 0 Å². The Kier molecular flexibility index (Phi) is 5.80. The maximum absolute atomic E-state index is 13.3. The predicted octanol–water partition coefficient (Wildman–Crippen LogP) is 2.23. The highest BCUT2D eigenvalue weighted by Crippen LogP contribution is 2.19. The Morgan fingerprint density at radius 3 is 3.05 bits per heavy atom. The topological polar surface area (TPSA) is 47.3 Å². The molecule has 0 saturated heterocycles. The number of hydrogen-bond acceptors (Lipinski definition) is 3. The van der Waals surface area contributed by atoms with Crippen LogP contribution in [0.4, 0.5) is 4.39 Å². The van der Waals surface area contributed by atoms with Crippen LogP contribution in [0.1, 0.15) is 18.4 Å². The number of aromatic nitrogens is 2. The highest BCUT2D eigenvalue weighted by molar-refractivity contribution is 5.46. The first-order chi connectivity index (χ1) is 10.3. The highest BCUT2D eigenvalue weighted by atomic mass is 19.1. The van der Waals surface area contributed by atoms with Crippen molar-refractivity contribution in [1.82, 2.24) is 9.55 Å². The molecule has 0 bridgehead atoms. The van der Waals surface area contributed by atoms with Gasteiger partial charge in [0.1, 0.15) is 11.6 Å². The van der Waals surface area contributed by atoms with Crippen LogP contribution in [0.2, 0.25) is 0 Å². The van der Waals surface area contributed by atoms with E-state index in [9.17, 15) is 4.39 Å². The van der Waals surface area contributed by atoms with Crippen molar-refractivity contribution in [3.05, 3.63) is 48.3 Å². The van der Waals surface area contributed by atoms with Gasteiger partial charge in [-0.05, 0) is 18.6 Å². The van der Waals surface area contributed by atoms with E-state index < -0.39 is 0 Å². The molecule has 1 aromatic carbocycles. The van der Waals surface area contributed by atoms with E-state index in [-0.39, 0.29) is 12.4 Å². The van der Waals surface area contributed by atoms with E-state index in [2.05, 4.69) is 16.8 Å². The SMILES string of the molecule is OCCC#Cc1ccc(F)cc1OCCCn1ccnc1. The first-order valence-electron chi connectivity index (χ1n) is 6.77. The second-order valence-electron chi connectivity index (χ2n) is 4.42. The fourth-order valence-corrected chi connectivity index (χ4v) is 1.78. The molecule has 0 saturated carbocycles. The molecule has 5 heteroatoms. The first kappa shape index (κ1) is 15.1. The molecule has 0 atom stereocenters. The summed E-state index contributed by atoms with van der Waals surface area (Å²) in [7, 11) is 0. The summed E-state index contributed by atoms with van der Waals surface area (Å²) >= 11 is 0. The van der Waals surface area contributed by atoms with Gasteiger partial charge in [0.25, 0.3) is 0 Å². The van der Waals surface area contributed by atoms with Gasteiger partial charge in [0.05, 0.1) is 25.1 Å². The number of aliphatic hydroxyl groups is 1. The van der Waals surface area contributed by atoms with Gasteiger partial charge in [-0.15, -0.1) is 0 Å². The lowest BCUT2D eigenvalue weighted by atomic mass is 10.2. The minimum Gasteiger partial charge on any atom is -0.492 e. The van der Waals surface area contributed by atoms with Crippen LogP contribution in [0.3, 0.4) is 0 Å². The molecule has 4 nitrogen and oxygen atoms in total. The van der Waals surface area contributed by atoms with Crippen molar-refractivity contribution >= 4 is 0 Å². The maximum atomic E-state index is 13.3. The van der Waals surface area contributed by atoms with E-state index in [1.807, 2.05) is 10.8 Å². The van der Waals surface area contributed by atoms with Gasteiger partial charge in [-0.25, -0.2) is 9.37 Å². The average Bonchev–Trinajstić information content (AvgIpc) is 2.99. The Hall–Kier alpha value is -2.32. The first-order valence-corrected chi connectivity index (χ1v) is 6.77. The molecule has 0 amide bonds. The lowest BCUT2D eigenvalue weighted by Gasteiger charge is -2.08. The molecule has 0 aliphatic carbocycles. The second-order valence-corrected chi connectivity index (χ2v) is 4.42. The lowest BCUT2D eigenvalue weighted by molar-refractivity contribution is 0.299. The number of nitrogens with zero attached hydrogens (tertiary/aromatic N) is 2. The summed E-state index contributed by atoms with van der Waals surface area (Å²) in [5.41, 5.74) is 0.632. The van der Waals surface area contributed by atoms with Gasteiger partial charge >= 0.3 is 0 Å². The van der Waals surface area contributed by atoms with Crippen molar-refractivity contribution in [2.75, 3.05) is 13.2 Å². The van der Waals surface area contributed by atoms with Crippen LogP contribution in [-0.4, -0.2) is 27.9 Å². The molecule has 110 valence electrons. The van der Waals surface area contributed by atoms with Gasteiger partial charge < -0.3 is 14.4 Å². The second kappa shape index (κ2) is 8.08. The van der Waals surface area contributed by atoms with Gasteiger partial charge in [-0.2, -0.15) is 0 Å². The molecule has 0 fully saturated rings. The number of hydrogen-bond donors (Lipinski definition) is 1. The molecule has 2 aromatic rings. The number of aryl methyl sites for hydroxylation is 1. The number of imidazole rings is 1. The molecule has 0 aliphatic rings. The molecule has 0 spiro atoms. The monoisotopic (exact) mass is 288 g/mol. The largest absolute Gasteiger partial charge is 0.492 e. The van der Waals surface area contributed by atoms with Crippen LogP contribution in [0.15, 0.2) is 36.9 Å². The third kappa shape index (κ3) is 4.93. The zero-order chi connectivity index (χ0) is 14.9. The quantitative estimate of drug-likeness (QED) is 0.655. The zero-order valence-electron chi connectivity index (χ0n) is 11.6. The summed E-state index contributed by atoms with van der Waals surface area (Å²) in [5, 5.41) is 8.72. The Balaban J connectivity index is 1.91. The highest BCUT2D eigenvalue weighted by Gasteiger charge is 2.03. The molecule has 0 aliphatic heterocycles. The van der Waals surface area contributed by atoms with Crippen LogP contribution in [0.5, 0.6) is 5.75 Å². The van der Waals surface area contributed by atoms with E-state index in [4.69, 9.17) is 9.84 Å². The van der Waals surface area contributed by atoms with E-state index in [1.165, 1.54) is 12.1 Å². The summed E-state index contributed by atoms with van der Waals surface area (Å²) in [6.45, 7) is 1.27. The fraction of sp³-hybridized carbons (Fsp3) is 0.312. The fourth-order valence-electron chi connectivity index (χ4n) is 1.78. The van der Waals surface area contributed by atoms with Crippen molar-refractivity contribution in [2.24, 2.45) is 0 Å². The molecular weight excluding hydrogens is 271 g/mol. The molecule has 2 rings (SSSR count). The van der Waals surface area contributed by atoms with E-state index in [0.29, 0.717) is 24.3 Å². The normalized spacial score (nSPS) is 10.0. The number of rotatable bonds is 6. The van der Waals surface area contributed by atoms with Crippen LogP contribution < -0.4 is 4.74 Å². The van der Waals surface area contributed by atoms with Crippen LogP contribution in [0, 0.1) is 17.7 Å². The van der Waals surface area contributed by atoms with Crippen LogP contribution in [-0.2, 0) is 6.54 Å². The van der Waals surface area contributed by atoms with Crippen molar-refractivity contribution in [3.8, 4) is 17.6 Å². The lowest BCUT2D eigenvalue weighted by Crippen LogP contribution is -2.04. The van der Waals surface area contributed by atoms with E-state index >= 15 is 0 Å².